The van der Waals surface area contributed by atoms with E-state index in [1.54, 1.807) is 11.0 Å². The Labute approximate surface area is 126 Å². The highest BCUT2D eigenvalue weighted by Crippen LogP contribution is 2.09. The van der Waals surface area contributed by atoms with Gasteiger partial charge in [-0.1, -0.05) is 20.8 Å². The number of carbonyl (C=O) groups is 2. The Kier molecular flexibility index (Phi) is 6.99. The van der Waals surface area contributed by atoms with Crippen LogP contribution >= 0.6 is 0 Å². The van der Waals surface area contributed by atoms with Gasteiger partial charge < -0.3 is 14.6 Å². The van der Waals surface area contributed by atoms with E-state index >= 15 is 0 Å². The summed E-state index contributed by atoms with van der Waals surface area (Å²) in [6.07, 6.45) is 4.14. The second kappa shape index (κ2) is 8.49. The highest BCUT2D eigenvalue weighted by atomic mass is 16.3. The largest absolute Gasteiger partial charge is 0.472 e. The van der Waals surface area contributed by atoms with E-state index in [9.17, 15) is 9.59 Å². The summed E-state index contributed by atoms with van der Waals surface area (Å²) < 4.78 is 4.96. The van der Waals surface area contributed by atoms with E-state index in [0.717, 1.165) is 6.42 Å². The van der Waals surface area contributed by atoms with Crippen LogP contribution in [0, 0.1) is 5.92 Å². The predicted molar refractivity (Wildman–Crippen MR) is 82.0 cm³/mol. The molecule has 0 unspecified atom stereocenters. The molecular formula is C16H26N2O3. The van der Waals surface area contributed by atoms with Crippen LogP contribution in [0.2, 0.25) is 0 Å². The van der Waals surface area contributed by atoms with E-state index in [1.165, 1.54) is 12.5 Å². The van der Waals surface area contributed by atoms with Crippen molar-refractivity contribution in [2.45, 2.75) is 46.6 Å². The minimum Gasteiger partial charge on any atom is -0.472 e. The van der Waals surface area contributed by atoms with Crippen LogP contribution < -0.4 is 5.32 Å². The van der Waals surface area contributed by atoms with Crippen LogP contribution in [0.3, 0.4) is 0 Å². The third-order valence-electron chi connectivity index (χ3n) is 3.27. The number of rotatable bonds is 8. The van der Waals surface area contributed by atoms with E-state index in [1.807, 2.05) is 13.8 Å². The molecule has 0 spiro atoms. The van der Waals surface area contributed by atoms with Gasteiger partial charge in [0.15, 0.2) is 0 Å². The van der Waals surface area contributed by atoms with Gasteiger partial charge in [-0.05, 0) is 25.3 Å². The molecule has 1 heterocycles. The molecule has 1 atom stereocenters. The van der Waals surface area contributed by atoms with Crippen molar-refractivity contribution in [3.63, 3.8) is 0 Å². The van der Waals surface area contributed by atoms with Gasteiger partial charge in [0.1, 0.15) is 6.26 Å². The molecule has 1 N–H and O–H groups in total. The fourth-order valence-electron chi connectivity index (χ4n) is 1.97. The first-order chi connectivity index (χ1) is 9.93. The van der Waals surface area contributed by atoms with E-state index < -0.39 is 0 Å². The van der Waals surface area contributed by atoms with Crippen LogP contribution in [0.1, 0.15) is 50.9 Å². The summed E-state index contributed by atoms with van der Waals surface area (Å²) in [5, 5.41) is 2.92. The van der Waals surface area contributed by atoms with Crippen molar-refractivity contribution in [3.8, 4) is 0 Å². The fourth-order valence-corrected chi connectivity index (χ4v) is 1.97. The molecule has 118 valence electrons. The van der Waals surface area contributed by atoms with Gasteiger partial charge in [-0.15, -0.1) is 0 Å². The highest BCUT2D eigenvalue weighted by Gasteiger charge is 2.19. The van der Waals surface area contributed by atoms with Crippen LogP contribution in [0.25, 0.3) is 0 Å². The summed E-state index contributed by atoms with van der Waals surface area (Å²) in [7, 11) is 0. The zero-order valence-electron chi connectivity index (χ0n) is 13.4. The predicted octanol–water partition coefficient (Wildman–Crippen LogP) is 2.68. The Morgan fingerprint density at radius 1 is 1.33 bits per heavy atom. The first-order valence-corrected chi connectivity index (χ1v) is 7.54. The van der Waals surface area contributed by atoms with Gasteiger partial charge in [0.2, 0.25) is 5.91 Å². The zero-order chi connectivity index (χ0) is 15.8. The Balaban J connectivity index is 2.58. The van der Waals surface area contributed by atoms with Crippen molar-refractivity contribution < 1.29 is 14.0 Å². The van der Waals surface area contributed by atoms with Gasteiger partial charge in [-0.2, -0.15) is 0 Å². The molecule has 0 saturated carbocycles. The fraction of sp³-hybridized carbons (Fsp3) is 0.625. The number of nitrogens with zero attached hydrogens (tertiary/aromatic N) is 1. The molecule has 0 aromatic carbocycles. The van der Waals surface area contributed by atoms with E-state index in [-0.39, 0.29) is 17.9 Å². The van der Waals surface area contributed by atoms with Crippen LogP contribution in [-0.4, -0.2) is 35.8 Å². The molecule has 5 nitrogen and oxygen atoms in total. The highest BCUT2D eigenvalue weighted by molar-refractivity contribution is 5.94. The third-order valence-corrected chi connectivity index (χ3v) is 3.27. The number of furan rings is 1. The minimum absolute atomic E-state index is 0.0156. The molecule has 0 bridgehead atoms. The Morgan fingerprint density at radius 2 is 2.05 bits per heavy atom. The maximum Gasteiger partial charge on any atom is 0.257 e. The first-order valence-electron chi connectivity index (χ1n) is 7.54. The van der Waals surface area contributed by atoms with Crippen LogP contribution in [0.4, 0.5) is 0 Å². The van der Waals surface area contributed by atoms with Gasteiger partial charge in [0.05, 0.1) is 11.8 Å². The second-order valence-electron chi connectivity index (χ2n) is 5.78. The zero-order valence-corrected chi connectivity index (χ0v) is 13.4. The molecule has 5 heteroatoms. The van der Waals surface area contributed by atoms with Crippen molar-refractivity contribution in [2.24, 2.45) is 5.92 Å². The molecule has 0 radical (unpaired) electrons. The van der Waals surface area contributed by atoms with Crippen LogP contribution in [0.5, 0.6) is 0 Å². The number of hydrogen-bond acceptors (Lipinski definition) is 3. The van der Waals surface area contributed by atoms with Crippen molar-refractivity contribution in [3.05, 3.63) is 24.2 Å². The summed E-state index contributed by atoms with van der Waals surface area (Å²) in [6, 6.07) is 1.81. The van der Waals surface area contributed by atoms with Gasteiger partial charge in [0, 0.05) is 25.6 Å². The van der Waals surface area contributed by atoms with Gasteiger partial charge in [-0.25, -0.2) is 0 Å². The molecular weight excluding hydrogens is 268 g/mol. The lowest BCUT2D eigenvalue weighted by Crippen LogP contribution is -2.39. The van der Waals surface area contributed by atoms with E-state index in [2.05, 4.69) is 19.2 Å². The third kappa shape index (κ3) is 6.02. The average Bonchev–Trinajstić information content (AvgIpc) is 2.96. The Morgan fingerprint density at radius 3 is 2.57 bits per heavy atom. The summed E-state index contributed by atoms with van der Waals surface area (Å²) >= 11 is 0. The Bertz CT molecular complexity index is 440. The number of carbonyl (C=O) groups excluding carboxylic acids is 2. The minimum atomic E-state index is -0.0891. The van der Waals surface area contributed by atoms with Gasteiger partial charge >= 0.3 is 0 Å². The molecule has 1 aromatic heterocycles. The normalized spacial score (nSPS) is 12.2. The van der Waals surface area contributed by atoms with Crippen molar-refractivity contribution in [2.75, 3.05) is 13.1 Å². The summed E-state index contributed by atoms with van der Waals surface area (Å²) in [6.45, 7) is 9.15. The summed E-state index contributed by atoms with van der Waals surface area (Å²) in [5.74, 6) is 0.241. The molecule has 0 fully saturated rings. The average molecular weight is 294 g/mol. The maximum atomic E-state index is 12.4. The molecule has 0 aliphatic carbocycles. The Hall–Kier alpha value is -1.78. The monoisotopic (exact) mass is 294 g/mol. The second-order valence-corrected chi connectivity index (χ2v) is 5.78. The molecule has 21 heavy (non-hydrogen) atoms. The van der Waals surface area contributed by atoms with Crippen molar-refractivity contribution in [1.82, 2.24) is 10.2 Å². The lowest BCUT2D eigenvalue weighted by molar-refractivity contribution is -0.121. The number of nitrogens with one attached hydrogen (secondary N) is 1. The summed E-state index contributed by atoms with van der Waals surface area (Å²) in [5.41, 5.74) is 0.526. The van der Waals surface area contributed by atoms with E-state index in [0.29, 0.717) is 31.0 Å². The molecule has 1 aromatic rings. The summed E-state index contributed by atoms with van der Waals surface area (Å²) in [4.78, 5) is 25.9. The number of hydrogen-bond donors (Lipinski definition) is 1. The SMILES string of the molecule is CC[C@H](C)NC(=O)CCN(CC(C)C)C(=O)c1ccoc1. The smallest absolute Gasteiger partial charge is 0.257 e. The standard InChI is InChI=1S/C16H26N2O3/c1-5-13(4)17-15(19)6-8-18(10-12(2)3)16(20)14-7-9-21-11-14/h7,9,11-13H,5-6,8,10H2,1-4H3,(H,17,19)/t13-/m0/s1. The van der Waals surface area contributed by atoms with Crippen molar-refractivity contribution >= 4 is 11.8 Å². The molecule has 0 aliphatic heterocycles. The first kappa shape index (κ1) is 17.3. The lowest BCUT2D eigenvalue weighted by atomic mass is 10.1. The van der Waals surface area contributed by atoms with Crippen molar-refractivity contribution in [1.29, 1.82) is 0 Å². The van der Waals surface area contributed by atoms with E-state index in [4.69, 9.17) is 4.42 Å². The molecule has 2 amide bonds. The maximum absolute atomic E-state index is 12.4. The lowest BCUT2D eigenvalue weighted by Gasteiger charge is -2.24. The quantitative estimate of drug-likeness (QED) is 0.802. The molecule has 1 rings (SSSR count). The number of amides is 2. The molecule has 0 saturated heterocycles. The van der Waals surface area contributed by atoms with Gasteiger partial charge in [0.25, 0.3) is 5.91 Å². The molecule has 0 aliphatic rings. The van der Waals surface area contributed by atoms with Crippen LogP contribution in [-0.2, 0) is 4.79 Å². The topological polar surface area (TPSA) is 62.6 Å². The van der Waals surface area contributed by atoms with Gasteiger partial charge in [-0.3, -0.25) is 9.59 Å². The van der Waals surface area contributed by atoms with Crippen LogP contribution in [0.15, 0.2) is 23.0 Å².